The van der Waals surface area contributed by atoms with Gasteiger partial charge in [0.2, 0.25) is 5.88 Å². The monoisotopic (exact) mass is 325 g/mol. The Hall–Kier alpha value is -1.69. The fourth-order valence-corrected chi connectivity index (χ4v) is 2.06. The first-order chi connectivity index (χ1) is 9.11. The van der Waals surface area contributed by atoms with Gasteiger partial charge in [-0.1, -0.05) is 15.9 Å². The van der Waals surface area contributed by atoms with E-state index in [0.717, 1.165) is 15.6 Å². The highest BCUT2D eigenvalue weighted by Crippen LogP contribution is 2.22. The zero-order valence-corrected chi connectivity index (χ0v) is 12.2. The van der Waals surface area contributed by atoms with Gasteiger partial charge in [0.05, 0.1) is 12.7 Å². The molecule has 1 heterocycles. The van der Waals surface area contributed by atoms with Crippen molar-refractivity contribution < 1.29 is 9.13 Å². The Bertz CT molecular complexity index is 592. The van der Waals surface area contributed by atoms with Crippen LogP contribution < -0.4 is 10.1 Å². The number of ether oxygens (including phenoxy) is 1. The highest BCUT2D eigenvalue weighted by atomic mass is 79.9. The summed E-state index contributed by atoms with van der Waals surface area (Å²) in [6.07, 6.45) is 1.43. The second kappa shape index (κ2) is 5.97. The van der Waals surface area contributed by atoms with Gasteiger partial charge in [-0.15, -0.1) is 0 Å². The summed E-state index contributed by atoms with van der Waals surface area (Å²) in [5.74, 6) is 0.927. The third-order valence-electron chi connectivity index (χ3n) is 2.69. The van der Waals surface area contributed by atoms with E-state index in [4.69, 9.17) is 4.74 Å². The minimum atomic E-state index is -0.267. The molecule has 0 saturated carbocycles. The molecule has 4 nitrogen and oxygen atoms in total. The predicted octanol–water partition coefficient (Wildman–Crippen LogP) is 3.31. The Labute approximate surface area is 119 Å². The topological polar surface area (TPSA) is 47.0 Å². The number of nitrogens with zero attached hydrogens (tertiary/aromatic N) is 2. The predicted molar refractivity (Wildman–Crippen MR) is 74.7 cm³/mol. The van der Waals surface area contributed by atoms with Gasteiger partial charge in [-0.25, -0.2) is 14.4 Å². The summed E-state index contributed by atoms with van der Waals surface area (Å²) in [7, 11) is 1.56. The van der Waals surface area contributed by atoms with E-state index in [1.165, 1.54) is 18.5 Å². The van der Waals surface area contributed by atoms with Crippen LogP contribution in [0.1, 0.15) is 11.1 Å². The van der Waals surface area contributed by atoms with Gasteiger partial charge in [0.1, 0.15) is 18.0 Å². The van der Waals surface area contributed by atoms with Gasteiger partial charge < -0.3 is 10.1 Å². The zero-order chi connectivity index (χ0) is 13.8. The van der Waals surface area contributed by atoms with Crippen LogP contribution in [0.25, 0.3) is 0 Å². The molecule has 0 aliphatic carbocycles. The Kier molecular flexibility index (Phi) is 4.31. The molecule has 0 aliphatic heterocycles. The summed E-state index contributed by atoms with van der Waals surface area (Å²) in [4.78, 5) is 8.14. The SMILES string of the molecule is COc1ncnc(NCc2cc(F)ccc2Br)c1C. The summed E-state index contributed by atoms with van der Waals surface area (Å²) >= 11 is 3.39. The molecule has 1 aromatic carbocycles. The fraction of sp³-hybridized carbons (Fsp3) is 0.231. The number of hydrogen-bond acceptors (Lipinski definition) is 4. The van der Waals surface area contributed by atoms with Crippen LogP contribution in [0.2, 0.25) is 0 Å². The number of benzene rings is 1. The van der Waals surface area contributed by atoms with Crippen molar-refractivity contribution in [3.05, 3.63) is 45.9 Å². The van der Waals surface area contributed by atoms with E-state index in [1.807, 2.05) is 6.92 Å². The van der Waals surface area contributed by atoms with Gasteiger partial charge in [0.15, 0.2) is 0 Å². The van der Waals surface area contributed by atoms with E-state index in [2.05, 4.69) is 31.2 Å². The Morgan fingerprint density at radius 1 is 1.37 bits per heavy atom. The molecule has 0 spiro atoms. The van der Waals surface area contributed by atoms with E-state index in [0.29, 0.717) is 18.2 Å². The van der Waals surface area contributed by atoms with Crippen LogP contribution in [0.5, 0.6) is 5.88 Å². The van der Waals surface area contributed by atoms with Crippen molar-refractivity contribution >= 4 is 21.7 Å². The summed E-state index contributed by atoms with van der Waals surface area (Å²) in [6, 6.07) is 4.57. The van der Waals surface area contributed by atoms with Gasteiger partial charge in [0, 0.05) is 11.0 Å². The summed E-state index contributed by atoms with van der Waals surface area (Å²) < 4.78 is 19.1. The first kappa shape index (κ1) is 13.7. The van der Waals surface area contributed by atoms with Crippen molar-refractivity contribution in [1.29, 1.82) is 0 Å². The van der Waals surface area contributed by atoms with Crippen molar-refractivity contribution in [3.8, 4) is 5.88 Å². The van der Waals surface area contributed by atoms with Crippen molar-refractivity contribution in [2.45, 2.75) is 13.5 Å². The third kappa shape index (κ3) is 3.20. The van der Waals surface area contributed by atoms with Crippen LogP contribution in [-0.2, 0) is 6.54 Å². The normalized spacial score (nSPS) is 10.3. The van der Waals surface area contributed by atoms with E-state index in [1.54, 1.807) is 13.2 Å². The van der Waals surface area contributed by atoms with E-state index in [9.17, 15) is 4.39 Å². The number of methoxy groups -OCH3 is 1. The van der Waals surface area contributed by atoms with Crippen LogP contribution >= 0.6 is 15.9 Å². The second-order valence-corrected chi connectivity index (χ2v) is 4.80. The second-order valence-electron chi connectivity index (χ2n) is 3.95. The van der Waals surface area contributed by atoms with Crippen molar-refractivity contribution in [3.63, 3.8) is 0 Å². The van der Waals surface area contributed by atoms with Gasteiger partial charge >= 0.3 is 0 Å². The van der Waals surface area contributed by atoms with Gasteiger partial charge in [-0.05, 0) is 30.7 Å². The first-order valence-corrected chi connectivity index (χ1v) is 6.44. The lowest BCUT2D eigenvalue weighted by Gasteiger charge is -2.11. The molecule has 2 rings (SSSR count). The molecule has 0 bridgehead atoms. The Balaban J connectivity index is 2.17. The number of nitrogens with one attached hydrogen (secondary N) is 1. The highest BCUT2D eigenvalue weighted by molar-refractivity contribution is 9.10. The van der Waals surface area contributed by atoms with Crippen molar-refractivity contribution in [1.82, 2.24) is 9.97 Å². The summed E-state index contributed by atoms with van der Waals surface area (Å²) in [5, 5.41) is 3.14. The third-order valence-corrected chi connectivity index (χ3v) is 3.46. The molecule has 100 valence electrons. The van der Waals surface area contributed by atoms with Crippen LogP contribution in [-0.4, -0.2) is 17.1 Å². The van der Waals surface area contributed by atoms with Crippen LogP contribution in [0, 0.1) is 12.7 Å². The highest BCUT2D eigenvalue weighted by Gasteiger charge is 2.08. The zero-order valence-electron chi connectivity index (χ0n) is 10.6. The maximum Gasteiger partial charge on any atom is 0.221 e. The van der Waals surface area contributed by atoms with E-state index < -0.39 is 0 Å². The summed E-state index contributed by atoms with van der Waals surface area (Å²) in [5.41, 5.74) is 1.63. The minimum Gasteiger partial charge on any atom is -0.481 e. The minimum absolute atomic E-state index is 0.267. The standard InChI is InChI=1S/C13H13BrFN3O/c1-8-12(17-7-18-13(8)19-2)16-6-9-5-10(15)3-4-11(9)14/h3-5,7H,6H2,1-2H3,(H,16,17,18). The lowest BCUT2D eigenvalue weighted by molar-refractivity contribution is 0.393. The molecule has 19 heavy (non-hydrogen) atoms. The molecule has 0 radical (unpaired) electrons. The fourth-order valence-electron chi connectivity index (χ4n) is 1.68. The number of halogens is 2. The van der Waals surface area contributed by atoms with Crippen molar-refractivity contribution in [2.75, 3.05) is 12.4 Å². The van der Waals surface area contributed by atoms with E-state index >= 15 is 0 Å². The lowest BCUT2D eigenvalue weighted by Crippen LogP contribution is -2.06. The Morgan fingerprint density at radius 2 is 2.16 bits per heavy atom. The molecular weight excluding hydrogens is 313 g/mol. The van der Waals surface area contributed by atoms with E-state index in [-0.39, 0.29) is 5.82 Å². The first-order valence-electron chi connectivity index (χ1n) is 5.65. The number of rotatable bonds is 4. The number of aromatic nitrogens is 2. The largest absolute Gasteiger partial charge is 0.481 e. The maximum atomic E-state index is 13.2. The van der Waals surface area contributed by atoms with Crippen LogP contribution in [0.15, 0.2) is 29.0 Å². The van der Waals surface area contributed by atoms with Gasteiger partial charge in [-0.2, -0.15) is 0 Å². The summed E-state index contributed by atoms with van der Waals surface area (Å²) in [6.45, 7) is 2.32. The molecule has 0 atom stereocenters. The average Bonchev–Trinajstić information content (AvgIpc) is 2.41. The molecule has 0 saturated heterocycles. The van der Waals surface area contributed by atoms with Crippen molar-refractivity contribution in [2.24, 2.45) is 0 Å². The molecule has 6 heteroatoms. The molecular formula is C13H13BrFN3O. The molecule has 0 fully saturated rings. The van der Waals surface area contributed by atoms with Gasteiger partial charge in [0.25, 0.3) is 0 Å². The molecule has 0 aliphatic rings. The molecule has 0 unspecified atom stereocenters. The molecule has 1 N–H and O–H groups in total. The molecule has 1 aromatic heterocycles. The van der Waals surface area contributed by atoms with Crippen LogP contribution in [0.3, 0.4) is 0 Å². The smallest absolute Gasteiger partial charge is 0.221 e. The van der Waals surface area contributed by atoms with Crippen LogP contribution in [0.4, 0.5) is 10.2 Å². The average molecular weight is 326 g/mol. The number of hydrogen-bond donors (Lipinski definition) is 1. The molecule has 2 aromatic rings. The lowest BCUT2D eigenvalue weighted by atomic mass is 10.2. The molecule has 0 amide bonds. The quantitative estimate of drug-likeness (QED) is 0.936. The maximum absolute atomic E-state index is 13.2. The van der Waals surface area contributed by atoms with Gasteiger partial charge in [-0.3, -0.25) is 0 Å². The Morgan fingerprint density at radius 3 is 2.89 bits per heavy atom. The number of anilines is 1.